The Bertz CT molecular complexity index is 596. The van der Waals surface area contributed by atoms with Gasteiger partial charge >= 0.3 is 6.18 Å². The average Bonchev–Trinajstić information content (AvgIpc) is 2.54. The van der Waals surface area contributed by atoms with Gasteiger partial charge in [-0.15, -0.1) is 0 Å². The van der Waals surface area contributed by atoms with Crippen molar-refractivity contribution in [2.45, 2.75) is 31.5 Å². The molecule has 2 N–H and O–H groups in total. The lowest BCUT2D eigenvalue weighted by atomic mass is 9.93. The number of nitrogens with one attached hydrogen (secondary N) is 1. The highest BCUT2D eigenvalue weighted by Crippen LogP contribution is 2.29. The third-order valence-electron chi connectivity index (χ3n) is 4.76. The zero-order valence-electron chi connectivity index (χ0n) is 14.3. The summed E-state index contributed by atoms with van der Waals surface area (Å²) in [7, 11) is 0. The molecule has 0 aliphatic carbocycles. The fourth-order valence-electron chi connectivity index (χ4n) is 3.45. The van der Waals surface area contributed by atoms with Crippen molar-refractivity contribution in [1.82, 2.24) is 20.2 Å². The lowest BCUT2D eigenvalue weighted by molar-refractivity contribution is -0.141. The molecule has 1 atom stereocenters. The van der Waals surface area contributed by atoms with E-state index >= 15 is 0 Å². The number of anilines is 1. The Morgan fingerprint density at radius 3 is 2.56 bits per heavy atom. The molecule has 0 aromatic carbocycles. The van der Waals surface area contributed by atoms with Crippen molar-refractivity contribution < 1.29 is 18.3 Å². The Kier molecular flexibility index (Phi) is 5.17. The predicted molar refractivity (Wildman–Crippen MR) is 87.5 cm³/mol. The molecule has 0 amide bonds. The average molecular weight is 359 g/mol. The number of hydrogen-bond donors (Lipinski definition) is 2. The summed E-state index contributed by atoms with van der Waals surface area (Å²) >= 11 is 0. The lowest BCUT2D eigenvalue weighted by Crippen LogP contribution is -2.56. The van der Waals surface area contributed by atoms with Crippen LogP contribution in [0.3, 0.4) is 0 Å². The summed E-state index contributed by atoms with van der Waals surface area (Å²) in [6.45, 7) is 6.07. The van der Waals surface area contributed by atoms with E-state index in [9.17, 15) is 18.3 Å². The first kappa shape index (κ1) is 18.3. The van der Waals surface area contributed by atoms with Crippen LogP contribution >= 0.6 is 0 Å². The third kappa shape index (κ3) is 4.59. The Morgan fingerprint density at radius 2 is 1.96 bits per heavy atom. The second-order valence-electron chi connectivity index (χ2n) is 6.96. The molecule has 1 aromatic rings. The van der Waals surface area contributed by atoms with Crippen LogP contribution in [0, 0.1) is 6.92 Å². The molecule has 25 heavy (non-hydrogen) atoms. The van der Waals surface area contributed by atoms with E-state index in [1.54, 1.807) is 11.8 Å². The maximum Gasteiger partial charge on any atom is 0.433 e. The van der Waals surface area contributed by atoms with Gasteiger partial charge in [-0.2, -0.15) is 13.2 Å². The highest BCUT2D eigenvalue weighted by atomic mass is 19.4. The number of piperazine rings is 1. The number of aliphatic hydroxyl groups is 1. The summed E-state index contributed by atoms with van der Waals surface area (Å²) in [5, 5.41) is 13.8. The summed E-state index contributed by atoms with van der Waals surface area (Å²) in [4.78, 5) is 11.8. The zero-order chi connectivity index (χ0) is 18.1. The van der Waals surface area contributed by atoms with Gasteiger partial charge in [0.25, 0.3) is 0 Å². The van der Waals surface area contributed by atoms with Gasteiger partial charge in [-0.1, -0.05) is 0 Å². The predicted octanol–water partition coefficient (Wildman–Crippen LogP) is 1.04. The molecule has 2 fully saturated rings. The van der Waals surface area contributed by atoms with Crippen molar-refractivity contribution in [1.29, 1.82) is 0 Å². The van der Waals surface area contributed by atoms with Gasteiger partial charge < -0.3 is 15.3 Å². The number of aryl methyl sites for hydroxylation is 1. The van der Waals surface area contributed by atoms with Crippen molar-refractivity contribution in [3.8, 4) is 0 Å². The third-order valence-corrected chi connectivity index (χ3v) is 4.76. The molecule has 0 spiro atoms. The van der Waals surface area contributed by atoms with Crippen LogP contribution in [0.15, 0.2) is 6.07 Å². The molecule has 1 aromatic heterocycles. The number of β-amino-alcohol motifs (C(OH)–C–C–N with tert-alkyl or cyclic N) is 1. The minimum atomic E-state index is -4.47. The standard InChI is InChI=1S/C16H24F3N5O/c1-12-9-13(16(17,18)19)22-14(21-12)24-7-5-23(6-8-24)11-15(25)3-2-4-20-10-15/h9,20,25H,2-8,10-11H2,1H3. The van der Waals surface area contributed by atoms with Crippen LogP contribution in [-0.2, 0) is 6.18 Å². The second kappa shape index (κ2) is 7.05. The summed E-state index contributed by atoms with van der Waals surface area (Å²) < 4.78 is 38.8. The molecule has 9 heteroatoms. The van der Waals surface area contributed by atoms with Gasteiger partial charge in [0.1, 0.15) is 5.69 Å². The Morgan fingerprint density at radius 1 is 1.24 bits per heavy atom. The van der Waals surface area contributed by atoms with Gasteiger partial charge in [0, 0.05) is 45.0 Å². The molecule has 0 bridgehead atoms. The summed E-state index contributed by atoms with van der Waals surface area (Å²) in [5.74, 6) is 0.130. The molecule has 6 nitrogen and oxygen atoms in total. The van der Waals surface area contributed by atoms with Crippen molar-refractivity contribution in [2.75, 3.05) is 50.7 Å². The molecule has 3 heterocycles. The van der Waals surface area contributed by atoms with E-state index in [1.165, 1.54) is 0 Å². The van der Waals surface area contributed by atoms with E-state index in [2.05, 4.69) is 20.2 Å². The van der Waals surface area contributed by atoms with E-state index < -0.39 is 17.5 Å². The fraction of sp³-hybridized carbons (Fsp3) is 0.750. The maximum absolute atomic E-state index is 12.9. The smallest absolute Gasteiger partial charge is 0.387 e. The van der Waals surface area contributed by atoms with Crippen LogP contribution in [0.2, 0.25) is 0 Å². The first-order valence-electron chi connectivity index (χ1n) is 8.58. The number of alkyl halides is 3. The van der Waals surface area contributed by atoms with E-state index in [1.807, 2.05) is 0 Å². The summed E-state index contributed by atoms with van der Waals surface area (Å²) in [6.07, 6.45) is -2.74. The van der Waals surface area contributed by atoms with Crippen LogP contribution in [0.5, 0.6) is 0 Å². The van der Waals surface area contributed by atoms with Crippen molar-refractivity contribution >= 4 is 5.95 Å². The van der Waals surface area contributed by atoms with E-state index in [-0.39, 0.29) is 5.95 Å². The summed E-state index contributed by atoms with van der Waals surface area (Å²) in [5.41, 5.74) is -1.31. The first-order chi connectivity index (χ1) is 11.8. The highest BCUT2D eigenvalue weighted by molar-refractivity contribution is 5.34. The normalized spacial score (nSPS) is 26.0. The minimum Gasteiger partial charge on any atom is -0.387 e. The first-order valence-corrected chi connectivity index (χ1v) is 8.58. The molecule has 1 unspecified atom stereocenters. The molecular weight excluding hydrogens is 335 g/mol. The second-order valence-corrected chi connectivity index (χ2v) is 6.96. The van der Waals surface area contributed by atoms with Gasteiger partial charge in [0.15, 0.2) is 0 Å². The van der Waals surface area contributed by atoms with Crippen LogP contribution < -0.4 is 10.2 Å². The van der Waals surface area contributed by atoms with Crippen LogP contribution in [-0.4, -0.2) is 71.4 Å². The Balaban J connectivity index is 1.61. The molecule has 140 valence electrons. The maximum atomic E-state index is 12.9. The Hall–Kier alpha value is -1.45. The van der Waals surface area contributed by atoms with Gasteiger partial charge in [-0.05, 0) is 32.4 Å². The van der Waals surface area contributed by atoms with Crippen molar-refractivity contribution in [2.24, 2.45) is 0 Å². The number of piperidine rings is 1. The summed E-state index contributed by atoms with van der Waals surface area (Å²) in [6, 6.07) is 0.964. The molecule has 0 saturated carbocycles. The quantitative estimate of drug-likeness (QED) is 0.841. The molecule has 2 aliphatic rings. The molecule has 2 aliphatic heterocycles. The van der Waals surface area contributed by atoms with Crippen LogP contribution in [0.25, 0.3) is 0 Å². The minimum absolute atomic E-state index is 0.130. The van der Waals surface area contributed by atoms with Crippen molar-refractivity contribution in [3.63, 3.8) is 0 Å². The SMILES string of the molecule is Cc1cc(C(F)(F)F)nc(N2CCN(CC3(O)CCCNC3)CC2)n1. The number of hydrogen-bond acceptors (Lipinski definition) is 6. The van der Waals surface area contributed by atoms with Gasteiger partial charge in [0.2, 0.25) is 5.95 Å². The number of halogens is 3. The van der Waals surface area contributed by atoms with Gasteiger partial charge in [0.05, 0.1) is 5.60 Å². The molecular formula is C16H24F3N5O. The van der Waals surface area contributed by atoms with E-state index in [0.717, 1.165) is 25.5 Å². The number of nitrogens with zero attached hydrogens (tertiary/aromatic N) is 4. The van der Waals surface area contributed by atoms with Gasteiger partial charge in [-0.25, -0.2) is 9.97 Å². The van der Waals surface area contributed by atoms with Gasteiger partial charge in [-0.3, -0.25) is 4.90 Å². The topological polar surface area (TPSA) is 64.5 Å². The highest BCUT2D eigenvalue weighted by Gasteiger charge is 2.35. The van der Waals surface area contributed by atoms with Crippen molar-refractivity contribution in [3.05, 3.63) is 17.5 Å². The zero-order valence-corrected chi connectivity index (χ0v) is 14.3. The number of aromatic nitrogens is 2. The molecule has 2 saturated heterocycles. The number of rotatable bonds is 3. The monoisotopic (exact) mass is 359 g/mol. The Labute approximate surface area is 145 Å². The van der Waals surface area contributed by atoms with E-state index in [4.69, 9.17) is 0 Å². The van der Waals surface area contributed by atoms with E-state index in [0.29, 0.717) is 45.0 Å². The van der Waals surface area contributed by atoms with Crippen LogP contribution in [0.4, 0.5) is 19.1 Å². The fourth-order valence-corrected chi connectivity index (χ4v) is 3.45. The lowest BCUT2D eigenvalue weighted by Gasteiger charge is -2.41. The molecule has 0 radical (unpaired) electrons. The molecule has 3 rings (SSSR count). The van der Waals surface area contributed by atoms with Crippen LogP contribution in [0.1, 0.15) is 24.2 Å². The largest absolute Gasteiger partial charge is 0.433 e.